The molecule has 0 unspecified atom stereocenters. The Morgan fingerprint density at radius 3 is 1.76 bits per heavy atom. The summed E-state index contributed by atoms with van der Waals surface area (Å²) in [6.07, 6.45) is -0.495. The topological polar surface area (TPSA) is 191 Å². The minimum atomic E-state index is -4.46. The van der Waals surface area contributed by atoms with Crippen LogP contribution in [0.1, 0.15) is 6.42 Å². The molecular weight excluding hydrogens is 332 g/mol. The lowest BCUT2D eigenvalue weighted by atomic mass is 10.2. The number of amides is 2. The summed E-state index contributed by atoms with van der Waals surface area (Å²) >= 11 is 0. The third-order valence-corrected chi connectivity index (χ3v) is 2.76. The molecule has 0 spiro atoms. The fourth-order valence-electron chi connectivity index (χ4n) is 0.895. The zero-order chi connectivity index (χ0) is 16.7. The van der Waals surface area contributed by atoms with Crippen molar-refractivity contribution >= 4 is 32.4 Å². The number of hydrogen-bond donors (Lipinski definition) is 6. The molecule has 2 amide bonds. The standard InChI is InChI=1S/C7H14N4O8S2/c1-5(7(13)9-4-11-21(17,18)19)2-6(12)8-3-10-20(14,15)16/h10-11H,1-4H2,(H,8,12)(H,9,13)(H,14,15,16)(H,17,18,19). The maximum atomic E-state index is 11.3. The van der Waals surface area contributed by atoms with Crippen molar-refractivity contribution < 1.29 is 35.5 Å². The van der Waals surface area contributed by atoms with Gasteiger partial charge in [-0.25, -0.2) is 0 Å². The molecule has 0 aromatic heterocycles. The van der Waals surface area contributed by atoms with E-state index in [2.05, 4.69) is 6.58 Å². The summed E-state index contributed by atoms with van der Waals surface area (Å²) in [5.41, 5.74) is -0.239. The van der Waals surface area contributed by atoms with Crippen LogP contribution in [0.15, 0.2) is 12.2 Å². The SMILES string of the molecule is C=C(CC(=O)NCNS(=O)(=O)O)C(=O)NCNS(=O)(=O)O. The minimum absolute atomic E-state index is 0.239. The highest BCUT2D eigenvalue weighted by Crippen LogP contribution is 1.97. The van der Waals surface area contributed by atoms with E-state index in [1.165, 1.54) is 0 Å². The lowest BCUT2D eigenvalue weighted by molar-refractivity contribution is -0.123. The van der Waals surface area contributed by atoms with E-state index in [4.69, 9.17) is 9.11 Å². The predicted octanol–water partition coefficient (Wildman–Crippen LogP) is -3.14. The molecule has 0 rings (SSSR count). The first-order valence-corrected chi connectivity index (χ1v) is 7.95. The summed E-state index contributed by atoms with van der Waals surface area (Å²) in [6, 6.07) is 0. The van der Waals surface area contributed by atoms with Crippen LogP contribution >= 0.6 is 0 Å². The monoisotopic (exact) mass is 346 g/mol. The van der Waals surface area contributed by atoms with Crippen molar-refractivity contribution in [1.82, 2.24) is 20.1 Å². The van der Waals surface area contributed by atoms with Gasteiger partial charge < -0.3 is 10.6 Å². The van der Waals surface area contributed by atoms with Crippen molar-refractivity contribution in [2.24, 2.45) is 0 Å². The van der Waals surface area contributed by atoms with E-state index >= 15 is 0 Å². The highest BCUT2D eigenvalue weighted by atomic mass is 32.2. The van der Waals surface area contributed by atoms with Gasteiger partial charge in [-0.2, -0.15) is 26.3 Å². The highest BCUT2D eigenvalue weighted by molar-refractivity contribution is 7.84. The molecule has 0 fully saturated rings. The largest absolute Gasteiger partial charge is 0.342 e. The van der Waals surface area contributed by atoms with E-state index in [1.54, 1.807) is 9.44 Å². The smallest absolute Gasteiger partial charge is 0.334 e. The summed E-state index contributed by atoms with van der Waals surface area (Å²) in [5, 5.41) is 4.03. The fourth-order valence-corrected chi connectivity index (χ4v) is 1.40. The molecule has 0 saturated heterocycles. The summed E-state index contributed by atoms with van der Waals surface area (Å²) in [6.45, 7) is 2.07. The Balaban J connectivity index is 4.06. The Kier molecular flexibility index (Phi) is 7.41. The molecule has 0 bridgehead atoms. The first kappa shape index (κ1) is 19.4. The molecule has 0 aromatic rings. The molecular formula is C7H14N4O8S2. The predicted molar refractivity (Wildman–Crippen MR) is 69.1 cm³/mol. The molecule has 0 aliphatic rings. The molecule has 0 heterocycles. The van der Waals surface area contributed by atoms with Crippen LogP contribution in [0.5, 0.6) is 0 Å². The molecule has 0 aliphatic heterocycles. The van der Waals surface area contributed by atoms with Crippen molar-refractivity contribution in [3.63, 3.8) is 0 Å². The van der Waals surface area contributed by atoms with Gasteiger partial charge in [0.05, 0.1) is 19.8 Å². The van der Waals surface area contributed by atoms with Crippen LogP contribution in [-0.4, -0.2) is 51.1 Å². The van der Waals surface area contributed by atoms with Gasteiger partial charge in [0, 0.05) is 5.57 Å². The second-order valence-corrected chi connectivity index (χ2v) is 5.96. The molecule has 6 N–H and O–H groups in total. The van der Waals surface area contributed by atoms with Crippen molar-refractivity contribution in [2.45, 2.75) is 6.42 Å². The van der Waals surface area contributed by atoms with Gasteiger partial charge in [-0.05, 0) is 0 Å². The van der Waals surface area contributed by atoms with E-state index in [-0.39, 0.29) is 5.57 Å². The van der Waals surface area contributed by atoms with Gasteiger partial charge in [-0.3, -0.25) is 18.7 Å². The van der Waals surface area contributed by atoms with Crippen LogP contribution < -0.4 is 20.1 Å². The van der Waals surface area contributed by atoms with Crippen LogP contribution in [0.3, 0.4) is 0 Å². The Labute approximate surface area is 120 Å². The fraction of sp³-hybridized carbons (Fsp3) is 0.429. The summed E-state index contributed by atoms with van der Waals surface area (Å²) in [7, 11) is -8.90. The molecule has 0 saturated carbocycles. The molecule has 21 heavy (non-hydrogen) atoms. The van der Waals surface area contributed by atoms with E-state index < -0.39 is 52.2 Å². The Hall–Kier alpha value is -1.58. The zero-order valence-electron chi connectivity index (χ0n) is 10.5. The normalized spacial score (nSPS) is 11.7. The second kappa shape index (κ2) is 8.01. The van der Waals surface area contributed by atoms with Crippen molar-refractivity contribution in [1.29, 1.82) is 0 Å². The van der Waals surface area contributed by atoms with Crippen molar-refractivity contribution in [3.8, 4) is 0 Å². The van der Waals surface area contributed by atoms with E-state index in [9.17, 15) is 26.4 Å². The van der Waals surface area contributed by atoms with Gasteiger partial charge in [0.15, 0.2) is 0 Å². The number of rotatable bonds is 9. The van der Waals surface area contributed by atoms with Crippen LogP contribution in [0.4, 0.5) is 0 Å². The van der Waals surface area contributed by atoms with Crippen LogP contribution in [-0.2, 0) is 30.2 Å². The number of carbonyl (C=O) groups excluding carboxylic acids is 2. The summed E-state index contributed by atoms with van der Waals surface area (Å²) in [4.78, 5) is 22.6. The van der Waals surface area contributed by atoms with Crippen LogP contribution in [0.25, 0.3) is 0 Å². The first-order valence-electron chi connectivity index (χ1n) is 5.07. The van der Waals surface area contributed by atoms with Crippen LogP contribution in [0.2, 0.25) is 0 Å². The zero-order valence-corrected chi connectivity index (χ0v) is 12.1. The first-order chi connectivity index (χ1) is 9.41. The van der Waals surface area contributed by atoms with E-state index in [0.717, 1.165) is 0 Å². The number of hydrogen-bond acceptors (Lipinski definition) is 6. The minimum Gasteiger partial charge on any atom is -0.342 e. The third-order valence-electron chi connectivity index (χ3n) is 1.74. The van der Waals surface area contributed by atoms with Gasteiger partial charge in [-0.15, -0.1) is 0 Å². The number of nitrogens with one attached hydrogen (secondary N) is 4. The van der Waals surface area contributed by atoms with Gasteiger partial charge in [0.1, 0.15) is 0 Å². The quantitative estimate of drug-likeness (QED) is 0.143. The molecule has 122 valence electrons. The van der Waals surface area contributed by atoms with Crippen molar-refractivity contribution in [2.75, 3.05) is 13.3 Å². The van der Waals surface area contributed by atoms with Crippen molar-refractivity contribution in [3.05, 3.63) is 12.2 Å². The van der Waals surface area contributed by atoms with Gasteiger partial charge >= 0.3 is 20.6 Å². The summed E-state index contributed by atoms with van der Waals surface area (Å²) < 4.78 is 60.9. The van der Waals surface area contributed by atoms with E-state index in [1.807, 2.05) is 10.6 Å². The molecule has 0 radical (unpaired) electrons. The molecule has 14 heteroatoms. The Morgan fingerprint density at radius 1 is 0.905 bits per heavy atom. The highest BCUT2D eigenvalue weighted by Gasteiger charge is 2.12. The maximum absolute atomic E-state index is 11.3. The average Bonchev–Trinajstić information content (AvgIpc) is 2.24. The van der Waals surface area contributed by atoms with Crippen LogP contribution in [0, 0.1) is 0 Å². The van der Waals surface area contributed by atoms with Gasteiger partial charge in [0.25, 0.3) is 0 Å². The Morgan fingerprint density at radius 2 is 1.33 bits per heavy atom. The van der Waals surface area contributed by atoms with Gasteiger partial charge in [-0.1, -0.05) is 6.58 Å². The second-order valence-electron chi connectivity index (χ2n) is 3.48. The lowest BCUT2D eigenvalue weighted by Crippen LogP contribution is -2.39. The molecule has 0 atom stereocenters. The third kappa shape index (κ3) is 11.9. The molecule has 12 nitrogen and oxygen atoms in total. The summed E-state index contributed by atoms with van der Waals surface area (Å²) in [5.74, 6) is -1.63. The Bertz CT molecular complexity index is 611. The number of carbonyl (C=O) groups is 2. The maximum Gasteiger partial charge on any atom is 0.334 e. The average molecular weight is 346 g/mol. The lowest BCUT2D eigenvalue weighted by Gasteiger charge is -2.08. The molecule has 0 aliphatic carbocycles. The van der Waals surface area contributed by atoms with Gasteiger partial charge in [0.2, 0.25) is 11.8 Å². The van der Waals surface area contributed by atoms with E-state index in [0.29, 0.717) is 0 Å². The molecule has 0 aromatic carbocycles.